The molecule has 0 aliphatic heterocycles. The van der Waals surface area contributed by atoms with E-state index in [9.17, 15) is 4.79 Å². The lowest BCUT2D eigenvalue weighted by molar-refractivity contribution is 0.0955. The predicted octanol–water partition coefficient (Wildman–Crippen LogP) is 5.92. The molecule has 0 aromatic heterocycles. The number of nitrogens with zero attached hydrogens (tertiary/aromatic N) is 1. The lowest BCUT2D eigenvalue weighted by atomic mass is 10.2. The molecule has 5 nitrogen and oxygen atoms in total. The van der Waals surface area contributed by atoms with Crippen molar-refractivity contribution in [2.75, 3.05) is 0 Å². The molecule has 4 aromatic carbocycles. The maximum Gasteiger partial charge on any atom is 0.271 e. The molecule has 0 unspecified atom stereocenters. The second-order valence-corrected chi connectivity index (χ2v) is 7.84. The van der Waals surface area contributed by atoms with Crippen molar-refractivity contribution in [2.24, 2.45) is 5.10 Å². The van der Waals surface area contributed by atoms with Crippen molar-refractivity contribution >= 4 is 12.1 Å². The number of hydrazone groups is 1. The summed E-state index contributed by atoms with van der Waals surface area (Å²) in [6.45, 7) is 3.05. The van der Waals surface area contributed by atoms with Crippen molar-refractivity contribution in [3.63, 3.8) is 0 Å². The normalized spacial score (nSPS) is 10.7. The van der Waals surface area contributed by atoms with Crippen LogP contribution in [0.4, 0.5) is 0 Å². The number of benzene rings is 4. The number of carbonyl (C=O) groups excluding carboxylic acids is 1. The highest BCUT2D eigenvalue weighted by molar-refractivity contribution is 5.95. The van der Waals surface area contributed by atoms with E-state index in [1.807, 2.05) is 66.7 Å². The molecule has 170 valence electrons. The first kappa shape index (κ1) is 22.8. The molecule has 34 heavy (non-hydrogen) atoms. The van der Waals surface area contributed by atoms with Gasteiger partial charge in [0.25, 0.3) is 5.91 Å². The third kappa shape index (κ3) is 6.81. The van der Waals surface area contributed by atoms with Gasteiger partial charge in [0.15, 0.2) is 0 Å². The Labute approximate surface area is 199 Å². The molecule has 0 aliphatic carbocycles. The van der Waals surface area contributed by atoms with Gasteiger partial charge in [-0.2, -0.15) is 5.10 Å². The van der Waals surface area contributed by atoms with E-state index < -0.39 is 0 Å². The van der Waals surface area contributed by atoms with Crippen LogP contribution in [0, 0.1) is 6.92 Å². The van der Waals surface area contributed by atoms with Crippen LogP contribution < -0.4 is 14.9 Å². The van der Waals surface area contributed by atoms with Crippen LogP contribution in [0.25, 0.3) is 0 Å². The lowest BCUT2D eigenvalue weighted by Crippen LogP contribution is -2.17. The van der Waals surface area contributed by atoms with Gasteiger partial charge in [-0.25, -0.2) is 5.43 Å². The number of hydrogen-bond donors (Lipinski definition) is 1. The fraction of sp³-hybridized carbons (Fsp3) is 0.103. The average molecular weight is 451 g/mol. The predicted molar refractivity (Wildman–Crippen MR) is 134 cm³/mol. The third-order valence-electron chi connectivity index (χ3n) is 5.15. The summed E-state index contributed by atoms with van der Waals surface area (Å²) in [6.07, 6.45) is 1.60. The minimum absolute atomic E-state index is 0.288. The van der Waals surface area contributed by atoms with Crippen LogP contribution in [0.15, 0.2) is 108 Å². The zero-order chi connectivity index (χ0) is 23.6. The number of aryl methyl sites for hydroxylation is 1. The van der Waals surface area contributed by atoms with E-state index in [0.29, 0.717) is 24.5 Å². The number of ether oxygens (including phenoxy) is 2. The van der Waals surface area contributed by atoms with E-state index >= 15 is 0 Å². The Morgan fingerprint density at radius 3 is 1.91 bits per heavy atom. The Hall–Kier alpha value is -4.38. The zero-order valence-corrected chi connectivity index (χ0v) is 19.0. The Bertz CT molecular complexity index is 1220. The maximum absolute atomic E-state index is 12.3. The molecule has 0 bridgehead atoms. The number of nitrogens with one attached hydrogen (secondary N) is 1. The van der Waals surface area contributed by atoms with E-state index in [1.54, 1.807) is 30.5 Å². The second-order valence-electron chi connectivity index (χ2n) is 7.84. The molecule has 0 heterocycles. The molecule has 4 rings (SSSR count). The molecule has 0 atom stereocenters. The monoisotopic (exact) mass is 450 g/mol. The van der Waals surface area contributed by atoms with Gasteiger partial charge in [-0.3, -0.25) is 4.79 Å². The second kappa shape index (κ2) is 11.5. The zero-order valence-electron chi connectivity index (χ0n) is 19.0. The molecule has 4 aromatic rings. The highest BCUT2D eigenvalue weighted by Gasteiger charge is 2.05. The number of carbonyl (C=O) groups is 1. The molecule has 0 aliphatic rings. The molecular weight excluding hydrogens is 424 g/mol. The van der Waals surface area contributed by atoms with Gasteiger partial charge in [0.1, 0.15) is 24.7 Å². The largest absolute Gasteiger partial charge is 0.489 e. The summed E-state index contributed by atoms with van der Waals surface area (Å²) in [4.78, 5) is 12.3. The van der Waals surface area contributed by atoms with Crippen molar-refractivity contribution in [1.82, 2.24) is 5.43 Å². The highest BCUT2D eigenvalue weighted by Crippen LogP contribution is 2.15. The molecule has 0 spiro atoms. The summed E-state index contributed by atoms with van der Waals surface area (Å²) in [5.41, 5.74) is 7.33. The number of hydrogen-bond acceptors (Lipinski definition) is 4. The summed E-state index contributed by atoms with van der Waals surface area (Å²) < 4.78 is 11.6. The van der Waals surface area contributed by atoms with E-state index in [4.69, 9.17) is 9.47 Å². The molecule has 0 fully saturated rings. The van der Waals surface area contributed by atoms with Crippen molar-refractivity contribution < 1.29 is 14.3 Å². The molecule has 0 radical (unpaired) electrons. The smallest absolute Gasteiger partial charge is 0.271 e. The summed E-state index contributed by atoms with van der Waals surface area (Å²) >= 11 is 0. The number of amides is 1. The van der Waals surface area contributed by atoms with Crippen molar-refractivity contribution in [1.29, 1.82) is 0 Å². The molecule has 1 N–H and O–H groups in total. The van der Waals surface area contributed by atoms with Gasteiger partial charge in [0.2, 0.25) is 0 Å². The van der Waals surface area contributed by atoms with Crippen molar-refractivity contribution in [2.45, 2.75) is 20.1 Å². The van der Waals surface area contributed by atoms with Crippen LogP contribution in [0.3, 0.4) is 0 Å². The van der Waals surface area contributed by atoms with Crippen LogP contribution in [-0.2, 0) is 13.2 Å². The average Bonchev–Trinajstić information content (AvgIpc) is 2.89. The van der Waals surface area contributed by atoms with Crippen LogP contribution >= 0.6 is 0 Å². The van der Waals surface area contributed by atoms with Gasteiger partial charge in [-0.1, -0.05) is 60.2 Å². The first-order valence-corrected chi connectivity index (χ1v) is 11.0. The van der Waals surface area contributed by atoms with Gasteiger partial charge in [0, 0.05) is 5.56 Å². The van der Waals surface area contributed by atoms with Gasteiger partial charge in [-0.15, -0.1) is 0 Å². The van der Waals surface area contributed by atoms with Gasteiger partial charge < -0.3 is 9.47 Å². The minimum atomic E-state index is -0.288. The van der Waals surface area contributed by atoms with E-state index in [2.05, 4.69) is 29.6 Å². The first-order chi connectivity index (χ1) is 16.7. The topological polar surface area (TPSA) is 59.9 Å². The lowest BCUT2D eigenvalue weighted by Gasteiger charge is -2.07. The molecule has 0 saturated heterocycles. The number of rotatable bonds is 9. The van der Waals surface area contributed by atoms with Gasteiger partial charge in [-0.05, 0) is 72.1 Å². The molecule has 1 amide bonds. The van der Waals surface area contributed by atoms with Crippen LogP contribution in [-0.4, -0.2) is 12.1 Å². The highest BCUT2D eigenvalue weighted by atomic mass is 16.5. The third-order valence-corrected chi connectivity index (χ3v) is 5.15. The summed E-state index contributed by atoms with van der Waals surface area (Å²) in [6, 6.07) is 32.7. The van der Waals surface area contributed by atoms with Crippen LogP contribution in [0.1, 0.15) is 32.6 Å². The molecular formula is C29H26N2O3. The SMILES string of the molecule is Cc1ccc(COc2ccc(C(=O)N/N=C\c3ccc(OCc4ccccc4)cc3)cc2)cc1. The summed E-state index contributed by atoms with van der Waals surface area (Å²) in [5, 5.41) is 4.05. The fourth-order valence-electron chi connectivity index (χ4n) is 3.17. The van der Waals surface area contributed by atoms with Crippen LogP contribution in [0.2, 0.25) is 0 Å². The van der Waals surface area contributed by atoms with E-state index in [1.165, 1.54) is 5.56 Å². The maximum atomic E-state index is 12.3. The van der Waals surface area contributed by atoms with Crippen LogP contribution in [0.5, 0.6) is 11.5 Å². The Kier molecular flexibility index (Phi) is 7.70. The fourth-order valence-corrected chi connectivity index (χ4v) is 3.17. The van der Waals surface area contributed by atoms with Crippen molar-refractivity contribution in [3.8, 4) is 11.5 Å². The minimum Gasteiger partial charge on any atom is -0.489 e. The summed E-state index contributed by atoms with van der Waals surface area (Å²) in [5.74, 6) is 1.19. The summed E-state index contributed by atoms with van der Waals surface area (Å²) in [7, 11) is 0. The van der Waals surface area contributed by atoms with E-state index in [-0.39, 0.29) is 5.91 Å². The standard InChI is InChI=1S/C29H26N2O3/c1-22-7-9-25(10-8-22)21-34-28-17-13-26(14-18-28)29(32)31-30-19-23-11-15-27(16-12-23)33-20-24-5-3-2-4-6-24/h2-19H,20-21H2,1H3,(H,31,32)/b30-19-. The Balaban J connectivity index is 1.23. The quantitative estimate of drug-likeness (QED) is 0.254. The van der Waals surface area contributed by atoms with Gasteiger partial charge >= 0.3 is 0 Å². The first-order valence-electron chi connectivity index (χ1n) is 11.0. The van der Waals surface area contributed by atoms with Gasteiger partial charge in [0.05, 0.1) is 6.21 Å². The van der Waals surface area contributed by atoms with E-state index in [0.717, 1.165) is 22.4 Å². The Morgan fingerprint density at radius 2 is 1.29 bits per heavy atom. The Morgan fingerprint density at radius 1 is 0.735 bits per heavy atom. The molecule has 5 heteroatoms. The van der Waals surface area contributed by atoms with Crippen molar-refractivity contribution in [3.05, 3.63) is 131 Å². The molecule has 0 saturated carbocycles.